The number of allylic oxidation sites excluding steroid dienone is 1. The second-order valence-electron chi connectivity index (χ2n) is 14.0. The van der Waals surface area contributed by atoms with E-state index in [9.17, 15) is 4.79 Å². The standard InChI is InChI=1S/C32H56N2O2/c1-22(2)9-8-10-23(3)27-13-14-28-26-12-11-24-21-25(36-30(35)34-20-7-6-19-33)15-17-31(24,4)29(26)16-18-32(27,28)5/h11,22-23,25-29H,6-10,12-21,33H2,1-5H3,(H,34,35). The molecule has 1 amide bonds. The molecule has 206 valence electrons. The highest BCUT2D eigenvalue weighted by molar-refractivity contribution is 5.67. The third kappa shape index (κ3) is 5.69. The molecule has 0 bridgehead atoms. The van der Waals surface area contributed by atoms with E-state index in [4.69, 9.17) is 10.5 Å². The Morgan fingerprint density at radius 3 is 2.61 bits per heavy atom. The first-order valence-corrected chi connectivity index (χ1v) is 15.5. The number of carbonyl (C=O) groups is 1. The minimum Gasteiger partial charge on any atom is -0.446 e. The SMILES string of the molecule is CC(C)CCCC(C)C1CCC2C3CC=C4CC(OC(=O)NCCCCN)CCC4(C)C3CCC12C. The van der Waals surface area contributed by atoms with Crippen molar-refractivity contribution in [3.05, 3.63) is 11.6 Å². The van der Waals surface area contributed by atoms with Crippen molar-refractivity contribution in [3.63, 3.8) is 0 Å². The van der Waals surface area contributed by atoms with E-state index < -0.39 is 0 Å². The number of unbranched alkanes of at least 4 members (excludes halogenated alkanes) is 1. The summed E-state index contributed by atoms with van der Waals surface area (Å²) in [7, 11) is 0. The number of fused-ring (bicyclic) bond motifs is 5. The van der Waals surface area contributed by atoms with Crippen molar-refractivity contribution in [2.24, 2.45) is 52.1 Å². The number of ether oxygens (including phenoxy) is 1. The Morgan fingerprint density at radius 1 is 1.06 bits per heavy atom. The summed E-state index contributed by atoms with van der Waals surface area (Å²) in [5.41, 5.74) is 7.99. The molecule has 3 N–H and O–H groups in total. The second-order valence-corrected chi connectivity index (χ2v) is 14.0. The fourth-order valence-electron chi connectivity index (χ4n) is 9.41. The highest BCUT2D eigenvalue weighted by atomic mass is 16.6. The number of carbonyl (C=O) groups excluding carboxylic acids is 1. The van der Waals surface area contributed by atoms with Crippen LogP contribution >= 0.6 is 0 Å². The van der Waals surface area contributed by atoms with Crippen LogP contribution in [-0.4, -0.2) is 25.3 Å². The van der Waals surface area contributed by atoms with Crippen LogP contribution in [0.4, 0.5) is 4.79 Å². The molecule has 4 aliphatic rings. The van der Waals surface area contributed by atoms with Crippen molar-refractivity contribution in [1.29, 1.82) is 0 Å². The van der Waals surface area contributed by atoms with Gasteiger partial charge in [0.2, 0.25) is 0 Å². The molecule has 0 heterocycles. The van der Waals surface area contributed by atoms with Crippen molar-refractivity contribution >= 4 is 6.09 Å². The van der Waals surface area contributed by atoms with Gasteiger partial charge >= 0.3 is 6.09 Å². The highest BCUT2D eigenvalue weighted by Gasteiger charge is 2.59. The Labute approximate surface area is 222 Å². The Hall–Kier alpha value is -1.03. The van der Waals surface area contributed by atoms with E-state index in [0.29, 0.717) is 23.9 Å². The molecule has 0 saturated heterocycles. The Bertz CT molecular complexity index is 778. The summed E-state index contributed by atoms with van der Waals surface area (Å²) in [4.78, 5) is 12.3. The molecule has 8 unspecified atom stereocenters. The molecule has 3 saturated carbocycles. The molecule has 0 spiro atoms. The number of nitrogens with one attached hydrogen (secondary N) is 1. The van der Waals surface area contributed by atoms with Gasteiger partial charge in [-0.05, 0) is 111 Å². The van der Waals surface area contributed by atoms with E-state index in [1.807, 2.05) is 0 Å². The minimum absolute atomic E-state index is 0.0341. The number of hydrogen-bond acceptors (Lipinski definition) is 3. The van der Waals surface area contributed by atoms with Gasteiger partial charge in [-0.2, -0.15) is 0 Å². The Balaban J connectivity index is 1.36. The molecule has 0 radical (unpaired) electrons. The van der Waals surface area contributed by atoms with Gasteiger partial charge < -0.3 is 15.8 Å². The topological polar surface area (TPSA) is 64.3 Å². The first kappa shape index (κ1) is 28.0. The van der Waals surface area contributed by atoms with E-state index in [1.54, 1.807) is 5.57 Å². The van der Waals surface area contributed by atoms with Crippen LogP contribution in [0.1, 0.15) is 118 Å². The van der Waals surface area contributed by atoms with Crippen LogP contribution in [0.15, 0.2) is 11.6 Å². The summed E-state index contributed by atoms with van der Waals surface area (Å²) in [6.45, 7) is 13.9. The first-order valence-electron chi connectivity index (χ1n) is 15.5. The van der Waals surface area contributed by atoms with E-state index in [2.05, 4.69) is 46.0 Å². The van der Waals surface area contributed by atoms with Gasteiger partial charge in [-0.3, -0.25) is 0 Å². The molecule has 3 fully saturated rings. The van der Waals surface area contributed by atoms with Crippen molar-refractivity contribution in [3.8, 4) is 0 Å². The molecule has 4 nitrogen and oxygen atoms in total. The van der Waals surface area contributed by atoms with Crippen molar-refractivity contribution in [2.45, 2.75) is 124 Å². The number of amides is 1. The van der Waals surface area contributed by atoms with Crippen LogP contribution in [0.5, 0.6) is 0 Å². The van der Waals surface area contributed by atoms with E-state index in [1.165, 1.54) is 57.8 Å². The minimum atomic E-state index is -0.247. The number of rotatable bonds is 10. The van der Waals surface area contributed by atoms with Crippen LogP contribution in [0.25, 0.3) is 0 Å². The van der Waals surface area contributed by atoms with Gasteiger partial charge in [0.15, 0.2) is 0 Å². The monoisotopic (exact) mass is 500 g/mol. The summed E-state index contributed by atoms with van der Waals surface area (Å²) < 4.78 is 5.85. The summed E-state index contributed by atoms with van der Waals surface area (Å²) in [6, 6.07) is 0. The third-order valence-electron chi connectivity index (χ3n) is 11.4. The predicted molar refractivity (Wildman–Crippen MR) is 150 cm³/mol. The van der Waals surface area contributed by atoms with E-state index in [-0.39, 0.29) is 12.2 Å². The zero-order valence-corrected chi connectivity index (χ0v) is 24.1. The summed E-state index contributed by atoms with van der Waals surface area (Å²) in [5.74, 6) is 5.19. The van der Waals surface area contributed by atoms with Gasteiger partial charge in [0, 0.05) is 13.0 Å². The molecular formula is C32H56N2O2. The van der Waals surface area contributed by atoms with Gasteiger partial charge in [-0.1, -0.05) is 65.5 Å². The fourth-order valence-corrected chi connectivity index (χ4v) is 9.41. The summed E-state index contributed by atoms with van der Waals surface area (Å²) >= 11 is 0. The summed E-state index contributed by atoms with van der Waals surface area (Å²) in [6.07, 6.45) is 18.5. The quantitative estimate of drug-likeness (QED) is 0.237. The molecule has 36 heavy (non-hydrogen) atoms. The van der Waals surface area contributed by atoms with Crippen LogP contribution in [0.2, 0.25) is 0 Å². The van der Waals surface area contributed by atoms with E-state index >= 15 is 0 Å². The molecule has 4 aliphatic carbocycles. The van der Waals surface area contributed by atoms with Gasteiger partial charge in [0.25, 0.3) is 0 Å². The van der Waals surface area contributed by atoms with Gasteiger partial charge in [-0.15, -0.1) is 0 Å². The number of alkyl carbamates (subject to hydrolysis) is 1. The molecule has 8 atom stereocenters. The molecule has 4 rings (SSSR count). The summed E-state index contributed by atoms with van der Waals surface area (Å²) in [5, 5.41) is 2.92. The van der Waals surface area contributed by atoms with Crippen LogP contribution in [-0.2, 0) is 4.74 Å². The average molecular weight is 501 g/mol. The van der Waals surface area contributed by atoms with Crippen molar-refractivity contribution < 1.29 is 9.53 Å². The first-order chi connectivity index (χ1) is 17.2. The Kier molecular flexibility index (Phi) is 9.16. The fraction of sp³-hybridized carbons (Fsp3) is 0.906. The van der Waals surface area contributed by atoms with E-state index in [0.717, 1.165) is 61.2 Å². The van der Waals surface area contributed by atoms with Crippen LogP contribution in [0, 0.1) is 46.3 Å². The number of hydrogen-bond donors (Lipinski definition) is 2. The predicted octanol–water partition coefficient (Wildman–Crippen LogP) is 7.86. The van der Waals surface area contributed by atoms with Crippen LogP contribution < -0.4 is 11.1 Å². The lowest BCUT2D eigenvalue weighted by Crippen LogP contribution is -2.51. The molecule has 4 heteroatoms. The number of nitrogens with two attached hydrogens (primary N) is 1. The van der Waals surface area contributed by atoms with Crippen molar-refractivity contribution in [2.75, 3.05) is 13.1 Å². The normalized spacial score (nSPS) is 38.5. The Morgan fingerprint density at radius 2 is 1.86 bits per heavy atom. The molecule has 0 aromatic heterocycles. The average Bonchev–Trinajstić information content (AvgIpc) is 3.19. The van der Waals surface area contributed by atoms with Crippen LogP contribution in [0.3, 0.4) is 0 Å². The lowest BCUT2D eigenvalue weighted by Gasteiger charge is -2.58. The smallest absolute Gasteiger partial charge is 0.407 e. The van der Waals surface area contributed by atoms with Gasteiger partial charge in [-0.25, -0.2) is 4.79 Å². The zero-order valence-electron chi connectivity index (χ0n) is 24.1. The lowest BCUT2D eigenvalue weighted by molar-refractivity contribution is -0.0581. The lowest BCUT2D eigenvalue weighted by atomic mass is 9.47. The molecule has 0 aromatic carbocycles. The van der Waals surface area contributed by atoms with Crippen molar-refractivity contribution in [1.82, 2.24) is 5.32 Å². The maximum absolute atomic E-state index is 12.3. The van der Waals surface area contributed by atoms with Gasteiger partial charge in [0.1, 0.15) is 6.10 Å². The van der Waals surface area contributed by atoms with Gasteiger partial charge in [0.05, 0.1) is 0 Å². The third-order valence-corrected chi connectivity index (χ3v) is 11.4. The maximum atomic E-state index is 12.3. The molecule has 0 aromatic rings. The molecular weight excluding hydrogens is 444 g/mol. The molecule has 0 aliphatic heterocycles. The largest absolute Gasteiger partial charge is 0.446 e. The zero-order chi connectivity index (χ0) is 25.9. The second kappa shape index (κ2) is 11.8. The highest BCUT2D eigenvalue weighted by Crippen LogP contribution is 2.67. The maximum Gasteiger partial charge on any atom is 0.407 e.